The van der Waals surface area contributed by atoms with Crippen molar-refractivity contribution in [3.8, 4) is 0 Å². The van der Waals surface area contributed by atoms with Crippen LogP contribution in [0.1, 0.15) is 15.9 Å². The lowest BCUT2D eigenvalue weighted by Crippen LogP contribution is -2.42. The van der Waals surface area contributed by atoms with Gasteiger partial charge in [-0.1, -0.05) is 6.07 Å². The molecule has 0 radical (unpaired) electrons. The number of carbonyl (C=O) groups excluding carboxylic acids is 1. The molecule has 0 atom stereocenters. The molecule has 20 heavy (non-hydrogen) atoms. The standard InChI is InChI=1S/C12H13F3N2O2S/c13-12(14,15)9-3-1-2-8(10(9)16)11(18)17-4-6-20(19)7-5-17/h1-3H,4-7,16H2. The Morgan fingerprint density at radius 1 is 1.25 bits per heavy atom. The van der Waals surface area contributed by atoms with E-state index < -0.39 is 34.1 Å². The van der Waals surface area contributed by atoms with E-state index in [1.807, 2.05) is 0 Å². The normalized spacial score (nSPS) is 17.2. The highest BCUT2D eigenvalue weighted by atomic mass is 32.2. The fourth-order valence-corrected chi connectivity index (χ4v) is 3.06. The number of hydrogen-bond acceptors (Lipinski definition) is 3. The lowest BCUT2D eigenvalue weighted by Gasteiger charge is -2.27. The lowest BCUT2D eigenvalue weighted by atomic mass is 10.1. The summed E-state index contributed by atoms with van der Waals surface area (Å²) in [5, 5.41) is 0. The minimum absolute atomic E-state index is 0.160. The van der Waals surface area contributed by atoms with Gasteiger partial charge < -0.3 is 10.6 Å². The van der Waals surface area contributed by atoms with Crippen LogP contribution in [0.4, 0.5) is 18.9 Å². The number of hydrogen-bond donors (Lipinski definition) is 1. The molecule has 1 amide bonds. The van der Waals surface area contributed by atoms with Gasteiger partial charge in [0, 0.05) is 35.4 Å². The van der Waals surface area contributed by atoms with Crippen LogP contribution in [0.3, 0.4) is 0 Å². The molecule has 1 heterocycles. The quantitative estimate of drug-likeness (QED) is 0.800. The van der Waals surface area contributed by atoms with Crippen LogP contribution in [-0.4, -0.2) is 39.6 Å². The first-order valence-corrected chi connectivity index (χ1v) is 7.39. The SMILES string of the molecule is Nc1c(C(=O)N2CCS(=O)CC2)cccc1C(F)(F)F. The highest BCUT2D eigenvalue weighted by Crippen LogP contribution is 2.35. The summed E-state index contributed by atoms with van der Waals surface area (Å²) in [5.41, 5.74) is 3.75. The van der Waals surface area contributed by atoms with Crippen LogP contribution in [0.5, 0.6) is 0 Å². The molecule has 0 bridgehead atoms. The molecule has 1 aliphatic rings. The molecule has 2 rings (SSSR count). The number of para-hydroxylation sites is 1. The molecule has 1 fully saturated rings. The zero-order valence-electron chi connectivity index (χ0n) is 10.4. The first-order valence-electron chi connectivity index (χ1n) is 5.90. The second kappa shape index (κ2) is 5.43. The van der Waals surface area contributed by atoms with E-state index in [2.05, 4.69) is 0 Å². The summed E-state index contributed by atoms with van der Waals surface area (Å²) in [6, 6.07) is 3.28. The van der Waals surface area contributed by atoms with Crippen molar-refractivity contribution in [3.05, 3.63) is 29.3 Å². The zero-order chi connectivity index (χ0) is 14.9. The summed E-state index contributed by atoms with van der Waals surface area (Å²) in [6.45, 7) is 0.530. The molecule has 4 nitrogen and oxygen atoms in total. The topological polar surface area (TPSA) is 63.4 Å². The van der Waals surface area contributed by atoms with E-state index in [0.29, 0.717) is 11.5 Å². The van der Waals surface area contributed by atoms with Gasteiger partial charge in [-0.3, -0.25) is 9.00 Å². The lowest BCUT2D eigenvalue weighted by molar-refractivity contribution is -0.136. The summed E-state index contributed by atoms with van der Waals surface area (Å²) in [7, 11) is -0.963. The molecule has 1 aromatic rings. The van der Waals surface area contributed by atoms with Crippen molar-refractivity contribution in [3.63, 3.8) is 0 Å². The Morgan fingerprint density at radius 2 is 1.85 bits per heavy atom. The second-order valence-corrected chi connectivity index (χ2v) is 6.10. The van der Waals surface area contributed by atoms with Gasteiger partial charge in [0.25, 0.3) is 5.91 Å². The Kier molecular flexibility index (Phi) is 4.03. The second-order valence-electron chi connectivity index (χ2n) is 4.40. The van der Waals surface area contributed by atoms with Crippen LogP contribution in [0.15, 0.2) is 18.2 Å². The molecule has 1 aliphatic heterocycles. The van der Waals surface area contributed by atoms with Gasteiger partial charge in [-0.15, -0.1) is 0 Å². The molecular weight excluding hydrogens is 293 g/mol. The van der Waals surface area contributed by atoms with Gasteiger partial charge >= 0.3 is 6.18 Å². The monoisotopic (exact) mass is 306 g/mol. The van der Waals surface area contributed by atoms with Gasteiger partial charge in [-0.05, 0) is 12.1 Å². The van der Waals surface area contributed by atoms with Crippen LogP contribution >= 0.6 is 0 Å². The predicted octanol–water partition coefficient (Wildman–Crippen LogP) is 1.49. The average molecular weight is 306 g/mol. The molecule has 1 aromatic carbocycles. The van der Waals surface area contributed by atoms with E-state index in [-0.39, 0.29) is 18.7 Å². The molecule has 0 aliphatic carbocycles. The number of rotatable bonds is 1. The predicted molar refractivity (Wildman–Crippen MR) is 69.6 cm³/mol. The van der Waals surface area contributed by atoms with Crippen LogP contribution < -0.4 is 5.73 Å². The maximum absolute atomic E-state index is 12.7. The van der Waals surface area contributed by atoms with E-state index >= 15 is 0 Å². The number of anilines is 1. The summed E-state index contributed by atoms with van der Waals surface area (Å²) < 4.78 is 49.4. The first-order chi connectivity index (χ1) is 9.30. The van der Waals surface area contributed by atoms with Gasteiger partial charge in [0.1, 0.15) is 0 Å². The fraction of sp³-hybridized carbons (Fsp3) is 0.417. The fourth-order valence-electron chi connectivity index (χ4n) is 2.01. The molecule has 0 saturated carbocycles. The molecule has 0 aromatic heterocycles. The van der Waals surface area contributed by atoms with Crippen LogP contribution in [0.2, 0.25) is 0 Å². The molecule has 0 unspecified atom stereocenters. The maximum atomic E-state index is 12.7. The number of benzene rings is 1. The Balaban J connectivity index is 2.29. The first kappa shape index (κ1) is 14.8. The Bertz CT molecular complexity index is 550. The van der Waals surface area contributed by atoms with E-state index in [9.17, 15) is 22.2 Å². The largest absolute Gasteiger partial charge is 0.418 e. The maximum Gasteiger partial charge on any atom is 0.418 e. The van der Waals surface area contributed by atoms with Gasteiger partial charge in [0.2, 0.25) is 0 Å². The summed E-state index contributed by atoms with van der Waals surface area (Å²) >= 11 is 0. The molecule has 0 spiro atoms. The average Bonchev–Trinajstić information content (AvgIpc) is 2.37. The van der Waals surface area contributed by atoms with Crippen molar-refractivity contribution in [2.24, 2.45) is 0 Å². The minimum atomic E-state index is -4.59. The van der Waals surface area contributed by atoms with E-state index in [1.165, 1.54) is 11.0 Å². The van der Waals surface area contributed by atoms with Gasteiger partial charge in [0.15, 0.2) is 0 Å². The Hall–Kier alpha value is -1.57. The zero-order valence-corrected chi connectivity index (χ0v) is 11.3. The third-order valence-electron chi connectivity index (χ3n) is 3.11. The van der Waals surface area contributed by atoms with Crippen molar-refractivity contribution in [1.82, 2.24) is 4.90 Å². The molecular formula is C12H13F3N2O2S. The van der Waals surface area contributed by atoms with Crippen LogP contribution in [0.25, 0.3) is 0 Å². The van der Waals surface area contributed by atoms with Crippen molar-refractivity contribution in [2.75, 3.05) is 30.3 Å². The third-order valence-corrected chi connectivity index (χ3v) is 4.38. The number of amides is 1. The Morgan fingerprint density at radius 3 is 2.40 bits per heavy atom. The van der Waals surface area contributed by atoms with Crippen molar-refractivity contribution in [2.45, 2.75) is 6.18 Å². The molecule has 110 valence electrons. The number of nitrogen functional groups attached to an aromatic ring is 1. The van der Waals surface area contributed by atoms with Gasteiger partial charge in [-0.25, -0.2) is 0 Å². The van der Waals surface area contributed by atoms with Crippen molar-refractivity contribution in [1.29, 1.82) is 0 Å². The van der Waals surface area contributed by atoms with Gasteiger partial charge in [0.05, 0.1) is 16.8 Å². The highest BCUT2D eigenvalue weighted by molar-refractivity contribution is 7.85. The minimum Gasteiger partial charge on any atom is -0.398 e. The number of halogens is 3. The number of carbonyl (C=O) groups is 1. The Labute approximate surface area is 116 Å². The highest BCUT2D eigenvalue weighted by Gasteiger charge is 2.35. The molecule has 2 N–H and O–H groups in total. The van der Waals surface area contributed by atoms with E-state index in [1.54, 1.807) is 0 Å². The molecule has 8 heteroatoms. The smallest absolute Gasteiger partial charge is 0.398 e. The number of nitrogens with zero attached hydrogens (tertiary/aromatic N) is 1. The van der Waals surface area contributed by atoms with Gasteiger partial charge in [-0.2, -0.15) is 13.2 Å². The van der Waals surface area contributed by atoms with Crippen molar-refractivity contribution < 1.29 is 22.2 Å². The summed E-state index contributed by atoms with van der Waals surface area (Å²) in [5.74, 6) is 0.125. The number of nitrogens with two attached hydrogens (primary N) is 1. The molecule has 1 saturated heterocycles. The van der Waals surface area contributed by atoms with E-state index in [0.717, 1.165) is 12.1 Å². The summed E-state index contributed by atoms with van der Waals surface area (Å²) in [4.78, 5) is 13.6. The van der Waals surface area contributed by atoms with Crippen molar-refractivity contribution >= 4 is 22.4 Å². The van der Waals surface area contributed by atoms with Crippen LogP contribution in [-0.2, 0) is 17.0 Å². The third kappa shape index (κ3) is 2.95. The number of alkyl halides is 3. The van der Waals surface area contributed by atoms with E-state index in [4.69, 9.17) is 5.73 Å². The summed E-state index contributed by atoms with van der Waals surface area (Å²) in [6.07, 6.45) is -4.59. The van der Waals surface area contributed by atoms with Crippen LogP contribution in [0, 0.1) is 0 Å².